The van der Waals surface area contributed by atoms with Gasteiger partial charge in [-0.25, -0.2) is 0 Å². The average Bonchev–Trinajstić information content (AvgIpc) is 2.17. The summed E-state index contributed by atoms with van der Waals surface area (Å²) in [6.07, 6.45) is 5.48. The van der Waals surface area contributed by atoms with Crippen molar-refractivity contribution in [2.75, 3.05) is 12.9 Å². The van der Waals surface area contributed by atoms with Gasteiger partial charge in [-0.15, -0.1) is 0 Å². The van der Waals surface area contributed by atoms with E-state index in [4.69, 9.17) is 21.4 Å². The largest absolute Gasteiger partial charge is 0.478 e. The molecule has 3 saturated carbocycles. The first-order valence-corrected chi connectivity index (χ1v) is 11.5. The maximum atomic E-state index is 6.60. The molecule has 2 nitrogen and oxygen atoms in total. The molecule has 0 amide bonds. The average molecular weight is 319 g/mol. The van der Waals surface area contributed by atoms with Gasteiger partial charge in [-0.1, -0.05) is 32.5 Å². The van der Waals surface area contributed by atoms with Gasteiger partial charge in [0, 0.05) is 5.41 Å². The van der Waals surface area contributed by atoms with Crippen LogP contribution < -0.4 is 0 Å². The van der Waals surface area contributed by atoms with Gasteiger partial charge in [0.05, 0.1) is 12.2 Å². The summed E-state index contributed by atoms with van der Waals surface area (Å²) >= 11 is 6.61. The highest BCUT2D eigenvalue weighted by atomic mass is 32.2. The molecule has 110 valence electrons. The van der Waals surface area contributed by atoms with E-state index < -0.39 is 8.32 Å². The molecule has 0 aliphatic heterocycles. The highest BCUT2D eigenvalue weighted by molar-refractivity contribution is 8.22. The first-order valence-electron chi connectivity index (χ1n) is 6.94. The molecule has 5 heteroatoms. The Hall–Kier alpha value is 0.417. The Morgan fingerprint density at radius 1 is 1.26 bits per heavy atom. The molecule has 3 aliphatic carbocycles. The predicted octanol–water partition coefficient (Wildman–Crippen LogP) is 4.60. The molecule has 0 radical (unpaired) electrons. The van der Waals surface area contributed by atoms with Crippen molar-refractivity contribution in [2.24, 2.45) is 5.41 Å². The van der Waals surface area contributed by atoms with E-state index in [-0.39, 0.29) is 5.60 Å². The maximum absolute atomic E-state index is 6.60. The van der Waals surface area contributed by atoms with Gasteiger partial charge < -0.3 is 9.16 Å². The van der Waals surface area contributed by atoms with Crippen molar-refractivity contribution in [1.82, 2.24) is 0 Å². The molecule has 0 unspecified atom stereocenters. The van der Waals surface area contributed by atoms with Crippen LogP contribution in [0.4, 0.5) is 0 Å². The van der Waals surface area contributed by atoms with Gasteiger partial charge >= 0.3 is 0 Å². The van der Waals surface area contributed by atoms with Crippen LogP contribution >= 0.6 is 24.0 Å². The third-order valence-electron chi connectivity index (χ3n) is 5.03. The molecular weight excluding hydrogens is 292 g/mol. The standard InChI is InChI=1S/C14H26O2S2Si/c1-12(2,3)19(5,6)16-14-7-13(8-14,9-14)10-15-11(17)18-4/h7-10H2,1-6H3. The normalized spacial score (nSPS) is 33.4. The van der Waals surface area contributed by atoms with Crippen LogP contribution in [-0.2, 0) is 9.16 Å². The molecule has 2 bridgehead atoms. The summed E-state index contributed by atoms with van der Waals surface area (Å²) in [5, 5.41) is 0.298. The first kappa shape index (κ1) is 15.8. The second kappa shape index (κ2) is 4.72. The van der Waals surface area contributed by atoms with Crippen molar-refractivity contribution in [3.63, 3.8) is 0 Å². The number of thiocarbonyl (C=S) groups is 1. The van der Waals surface area contributed by atoms with E-state index in [1.807, 2.05) is 6.26 Å². The number of thioether (sulfide) groups is 1. The van der Waals surface area contributed by atoms with Gasteiger partial charge in [0.25, 0.3) is 0 Å². The highest BCUT2D eigenvalue weighted by Gasteiger charge is 2.70. The van der Waals surface area contributed by atoms with Gasteiger partial charge in [0.1, 0.15) is 0 Å². The van der Waals surface area contributed by atoms with E-state index >= 15 is 0 Å². The van der Waals surface area contributed by atoms with Crippen LogP contribution in [0.2, 0.25) is 18.1 Å². The van der Waals surface area contributed by atoms with E-state index in [1.165, 1.54) is 31.0 Å². The summed E-state index contributed by atoms with van der Waals surface area (Å²) < 4.78 is 12.9. The second-order valence-corrected chi connectivity index (χ2v) is 14.0. The lowest BCUT2D eigenvalue weighted by Gasteiger charge is -2.71. The summed E-state index contributed by atoms with van der Waals surface area (Å²) in [4.78, 5) is 0. The zero-order valence-corrected chi connectivity index (χ0v) is 15.6. The van der Waals surface area contributed by atoms with Crippen LogP contribution in [0.15, 0.2) is 0 Å². The zero-order chi connectivity index (χ0) is 14.5. The third kappa shape index (κ3) is 2.89. The molecule has 0 atom stereocenters. The number of ether oxygens (including phenoxy) is 1. The van der Waals surface area contributed by atoms with Crippen LogP contribution in [0.25, 0.3) is 0 Å². The van der Waals surface area contributed by atoms with Crippen molar-refractivity contribution in [1.29, 1.82) is 0 Å². The van der Waals surface area contributed by atoms with Crippen LogP contribution in [0, 0.1) is 5.41 Å². The summed E-state index contributed by atoms with van der Waals surface area (Å²) in [6.45, 7) is 12.4. The summed E-state index contributed by atoms with van der Waals surface area (Å²) in [5.74, 6) is 0. The number of hydrogen-bond acceptors (Lipinski definition) is 4. The fourth-order valence-electron chi connectivity index (χ4n) is 3.12. The molecule has 3 aliphatic rings. The molecular formula is C14H26O2S2Si. The first-order chi connectivity index (χ1) is 8.53. The monoisotopic (exact) mass is 318 g/mol. The lowest BCUT2D eigenvalue weighted by molar-refractivity contribution is -0.260. The van der Waals surface area contributed by atoms with Crippen molar-refractivity contribution in [3.8, 4) is 0 Å². The van der Waals surface area contributed by atoms with Crippen molar-refractivity contribution in [3.05, 3.63) is 0 Å². The molecule has 0 saturated heterocycles. The van der Waals surface area contributed by atoms with E-state index in [0.29, 0.717) is 14.8 Å². The van der Waals surface area contributed by atoms with E-state index in [1.54, 1.807) is 0 Å². The van der Waals surface area contributed by atoms with E-state index in [9.17, 15) is 0 Å². The molecule has 0 spiro atoms. The summed E-state index contributed by atoms with van der Waals surface area (Å²) in [6, 6.07) is 0. The van der Waals surface area contributed by atoms with Gasteiger partial charge in [-0.3, -0.25) is 0 Å². The lowest BCUT2D eigenvalue weighted by Crippen LogP contribution is -2.72. The van der Waals surface area contributed by atoms with E-state index in [2.05, 4.69) is 33.9 Å². The minimum Gasteiger partial charge on any atom is -0.478 e. The predicted molar refractivity (Wildman–Crippen MR) is 89.4 cm³/mol. The van der Waals surface area contributed by atoms with Crippen LogP contribution in [0.1, 0.15) is 40.0 Å². The molecule has 0 heterocycles. The SMILES string of the molecule is CSC(=S)OCC12CC(O[Si](C)(C)C(C)(C)C)(C1)C2. The lowest BCUT2D eigenvalue weighted by atomic mass is 9.41. The second-order valence-electron chi connectivity index (χ2n) is 7.82. The van der Waals surface area contributed by atoms with Gasteiger partial charge in [-0.05, 0) is 55.9 Å². The number of hydrogen-bond donors (Lipinski definition) is 0. The highest BCUT2D eigenvalue weighted by Crippen LogP contribution is 2.70. The summed E-state index contributed by atoms with van der Waals surface area (Å²) in [7, 11) is -1.63. The maximum Gasteiger partial charge on any atom is 0.219 e. The molecule has 3 fully saturated rings. The molecule has 0 N–H and O–H groups in total. The topological polar surface area (TPSA) is 18.5 Å². The molecule has 19 heavy (non-hydrogen) atoms. The Morgan fingerprint density at radius 3 is 2.21 bits per heavy atom. The Balaban J connectivity index is 1.82. The van der Waals surface area contributed by atoms with Gasteiger partial charge in [0.15, 0.2) is 8.32 Å². The quantitative estimate of drug-likeness (QED) is 0.557. The molecule has 0 aromatic carbocycles. The van der Waals surface area contributed by atoms with Gasteiger partial charge in [-0.2, -0.15) is 0 Å². The Labute approximate surface area is 128 Å². The smallest absolute Gasteiger partial charge is 0.219 e. The fourth-order valence-corrected chi connectivity index (χ4v) is 4.96. The minimum atomic E-state index is -1.63. The minimum absolute atomic E-state index is 0.188. The van der Waals surface area contributed by atoms with Crippen LogP contribution in [-0.4, -0.2) is 31.2 Å². The van der Waals surface area contributed by atoms with Gasteiger partial charge in [0.2, 0.25) is 4.38 Å². The Bertz CT molecular complexity index is 368. The number of rotatable bonds is 4. The van der Waals surface area contributed by atoms with Crippen molar-refractivity contribution in [2.45, 2.75) is 63.8 Å². The molecule has 0 aromatic heterocycles. The zero-order valence-electron chi connectivity index (χ0n) is 13.0. The Morgan fingerprint density at radius 2 is 1.79 bits per heavy atom. The third-order valence-corrected chi connectivity index (χ3v) is 10.7. The van der Waals surface area contributed by atoms with Crippen LogP contribution in [0.3, 0.4) is 0 Å². The van der Waals surface area contributed by atoms with Crippen molar-refractivity contribution < 1.29 is 9.16 Å². The fraction of sp³-hybridized carbons (Fsp3) is 0.929. The van der Waals surface area contributed by atoms with Crippen LogP contribution in [0.5, 0.6) is 0 Å². The van der Waals surface area contributed by atoms with E-state index in [0.717, 1.165) is 6.61 Å². The Kier molecular flexibility index (Phi) is 3.92. The molecule has 0 aromatic rings. The summed E-state index contributed by atoms with van der Waals surface area (Å²) in [5.41, 5.74) is 0.565. The molecule has 3 rings (SSSR count). The van der Waals surface area contributed by atoms with Crippen molar-refractivity contribution >= 4 is 36.7 Å².